The Morgan fingerprint density at radius 1 is 1.56 bits per heavy atom. The van der Waals surface area contributed by atoms with E-state index < -0.39 is 5.97 Å². The van der Waals surface area contributed by atoms with Crippen LogP contribution in [0.2, 0.25) is 5.02 Å². The van der Waals surface area contributed by atoms with Gasteiger partial charge in [-0.05, 0) is 43.0 Å². The average molecular weight is 240 g/mol. The fourth-order valence-electron chi connectivity index (χ4n) is 2.34. The van der Waals surface area contributed by atoms with E-state index in [1.54, 1.807) is 0 Å². The van der Waals surface area contributed by atoms with Crippen molar-refractivity contribution in [3.8, 4) is 0 Å². The van der Waals surface area contributed by atoms with Crippen molar-refractivity contribution in [1.29, 1.82) is 0 Å². The molecular weight excluding hydrogens is 226 g/mol. The molecule has 0 bridgehead atoms. The lowest BCUT2D eigenvalue weighted by Gasteiger charge is -2.31. The van der Waals surface area contributed by atoms with Crippen LogP contribution in [0.5, 0.6) is 0 Å². The average Bonchev–Trinajstić information content (AvgIpc) is 2.15. The predicted molar refractivity (Wildman–Crippen MR) is 64.4 cm³/mol. The number of nitrogens with zero attached hydrogens (tertiary/aromatic N) is 1. The molecule has 1 N–H and O–H groups in total. The summed E-state index contributed by atoms with van der Waals surface area (Å²) in [6.45, 7) is 2.85. The third-order valence-electron chi connectivity index (χ3n) is 2.86. The first kappa shape index (κ1) is 11.3. The molecule has 0 fully saturated rings. The van der Waals surface area contributed by atoms with Crippen LogP contribution in [0.15, 0.2) is 12.1 Å². The summed E-state index contributed by atoms with van der Waals surface area (Å²) in [4.78, 5) is 12.7. The van der Waals surface area contributed by atoms with Crippen molar-refractivity contribution in [3.63, 3.8) is 0 Å². The monoisotopic (exact) mass is 239 g/mol. The molecule has 0 saturated heterocycles. The number of fused-ring (bicyclic) bond motifs is 1. The highest BCUT2D eigenvalue weighted by Crippen LogP contribution is 2.33. The molecule has 2 rings (SSSR count). The van der Waals surface area contributed by atoms with Crippen LogP contribution in [0.1, 0.15) is 17.5 Å². The number of aryl methyl sites for hydroxylation is 2. The smallest absolute Gasteiger partial charge is 0.323 e. The minimum absolute atomic E-state index is 0.0650. The van der Waals surface area contributed by atoms with Crippen LogP contribution in [0, 0.1) is 6.92 Å². The van der Waals surface area contributed by atoms with E-state index >= 15 is 0 Å². The summed E-state index contributed by atoms with van der Waals surface area (Å²) in [5.41, 5.74) is 3.28. The number of carbonyl (C=O) groups is 1. The molecule has 1 heterocycles. The zero-order valence-electron chi connectivity index (χ0n) is 9.16. The SMILES string of the molecule is Cc1cc(Cl)cc2c1N(CC(=O)O)CCC2. The lowest BCUT2D eigenvalue weighted by molar-refractivity contribution is -0.135. The molecule has 16 heavy (non-hydrogen) atoms. The van der Waals surface area contributed by atoms with Gasteiger partial charge in [0.2, 0.25) is 0 Å². The molecule has 0 aromatic heterocycles. The first-order valence-electron chi connectivity index (χ1n) is 5.33. The Balaban J connectivity index is 2.41. The molecule has 0 aliphatic carbocycles. The lowest BCUT2D eigenvalue weighted by Crippen LogP contribution is -2.34. The Labute approximate surface area is 99.6 Å². The summed E-state index contributed by atoms with van der Waals surface area (Å²) in [6, 6.07) is 3.83. The van der Waals surface area contributed by atoms with Crippen molar-refractivity contribution in [1.82, 2.24) is 0 Å². The summed E-state index contributed by atoms with van der Waals surface area (Å²) >= 11 is 6.00. The van der Waals surface area contributed by atoms with Gasteiger partial charge in [0.25, 0.3) is 0 Å². The lowest BCUT2D eigenvalue weighted by atomic mass is 9.98. The summed E-state index contributed by atoms with van der Waals surface area (Å²) in [6.07, 6.45) is 1.97. The molecule has 0 amide bonds. The molecule has 0 spiro atoms. The van der Waals surface area contributed by atoms with Gasteiger partial charge < -0.3 is 10.0 Å². The second-order valence-electron chi connectivity index (χ2n) is 4.15. The number of carboxylic acids is 1. The summed E-state index contributed by atoms with van der Waals surface area (Å²) < 4.78 is 0. The van der Waals surface area contributed by atoms with Gasteiger partial charge in [0.15, 0.2) is 0 Å². The minimum atomic E-state index is -0.790. The third-order valence-corrected chi connectivity index (χ3v) is 3.08. The van der Waals surface area contributed by atoms with E-state index in [0.717, 1.165) is 41.2 Å². The zero-order valence-corrected chi connectivity index (χ0v) is 9.92. The van der Waals surface area contributed by atoms with E-state index in [9.17, 15) is 4.79 Å². The maximum Gasteiger partial charge on any atom is 0.323 e. The molecule has 1 aromatic carbocycles. The van der Waals surface area contributed by atoms with Crippen LogP contribution >= 0.6 is 11.6 Å². The van der Waals surface area contributed by atoms with Crippen molar-refractivity contribution in [2.24, 2.45) is 0 Å². The zero-order chi connectivity index (χ0) is 11.7. The van der Waals surface area contributed by atoms with Gasteiger partial charge >= 0.3 is 5.97 Å². The van der Waals surface area contributed by atoms with Gasteiger partial charge in [0, 0.05) is 17.3 Å². The maximum absolute atomic E-state index is 10.8. The van der Waals surface area contributed by atoms with Gasteiger partial charge in [-0.25, -0.2) is 0 Å². The molecule has 0 atom stereocenters. The number of rotatable bonds is 2. The van der Waals surface area contributed by atoms with Crippen molar-refractivity contribution >= 4 is 23.3 Å². The van der Waals surface area contributed by atoms with Gasteiger partial charge in [-0.2, -0.15) is 0 Å². The van der Waals surface area contributed by atoms with E-state index in [1.807, 2.05) is 24.0 Å². The van der Waals surface area contributed by atoms with E-state index in [2.05, 4.69) is 0 Å². The molecule has 1 aliphatic rings. The fourth-order valence-corrected chi connectivity index (χ4v) is 2.64. The van der Waals surface area contributed by atoms with Crippen LogP contribution in [0.3, 0.4) is 0 Å². The Kier molecular flexibility index (Phi) is 3.06. The Morgan fingerprint density at radius 2 is 2.31 bits per heavy atom. The van der Waals surface area contributed by atoms with Crippen molar-refractivity contribution in [2.75, 3.05) is 18.0 Å². The van der Waals surface area contributed by atoms with Gasteiger partial charge in [-0.15, -0.1) is 0 Å². The van der Waals surface area contributed by atoms with Gasteiger partial charge in [0.1, 0.15) is 6.54 Å². The number of hydrogen-bond donors (Lipinski definition) is 1. The fraction of sp³-hybridized carbons (Fsp3) is 0.417. The molecule has 1 aliphatic heterocycles. The molecule has 3 nitrogen and oxygen atoms in total. The van der Waals surface area contributed by atoms with Crippen LogP contribution in [0.4, 0.5) is 5.69 Å². The van der Waals surface area contributed by atoms with E-state index in [4.69, 9.17) is 16.7 Å². The first-order valence-corrected chi connectivity index (χ1v) is 5.71. The highest BCUT2D eigenvalue weighted by atomic mass is 35.5. The maximum atomic E-state index is 10.8. The van der Waals surface area contributed by atoms with Gasteiger partial charge in [-0.1, -0.05) is 11.6 Å². The standard InChI is InChI=1S/C12H14ClNO2/c1-8-5-10(13)6-9-3-2-4-14(12(8)9)7-11(15)16/h5-6H,2-4,7H2,1H3,(H,15,16). The number of benzene rings is 1. The Hall–Kier alpha value is -1.22. The van der Waals surface area contributed by atoms with Crippen LogP contribution < -0.4 is 4.90 Å². The predicted octanol–water partition coefficient (Wildman–Crippen LogP) is 2.49. The first-order chi connectivity index (χ1) is 7.58. The van der Waals surface area contributed by atoms with Crippen molar-refractivity contribution in [3.05, 3.63) is 28.3 Å². The van der Waals surface area contributed by atoms with E-state index in [-0.39, 0.29) is 6.54 Å². The number of hydrogen-bond acceptors (Lipinski definition) is 2. The molecule has 86 valence electrons. The summed E-state index contributed by atoms with van der Waals surface area (Å²) in [7, 11) is 0. The molecule has 1 aromatic rings. The van der Waals surface area contributed by atoms with Crippen molar-refractivity contribution in [2.45, 2.75) is 19.8 Å². The minimum Gasteiger partial charge on any atom is -0.480 e. The van der Waals surface area contributed by atoms with Gasteiger partial charge in [-0.3, -0.25) is 4.79 Å². The topological polar surface area (TPSA) is 40.5 Å². The normalized spacial score (nSPS) is 14.8. The van der Waals surface area contributed by atoms with Crippen LogP contribution in [-0.2, 0) is 11.2 Å². The second kappa shape index (κ2) is 4.34. The number of halogens is 1. The molecule has 4 heteroatoms. The van der Waals surface area contributed by atoms with E-state index in [1.165, 1.54) is 0 Å². The quantitative estimate of drug-likeness (QED) is 0.862. The second-order valence-corrected chi connectivity index (χ2v) is 4.59. The van der Waals surface area contributed by atoms with Gasteiger partial charge in [0.05, 0.1) is 0 Å². The summed E-state index contributed by atoms with van der Waals surface area (Å²) in [5, 5.41) is 9.60. The largest absolute Gasteiger partial charge is 0.480 e. The van der Waals surface area contributed by atoms with E-state index in [0.29, 0.717) is 0 Å². The van der Waals surface area contributed by atoms with Crippen LogP contribution in [-0.4, -0.2) is 24.2 Å². The Morgan fingerprint density at radius 3 is 3.00 bits per heavy atom. The highest BCUT2D eigenvalue weighted by molar-refractivity contribution is 6.30. The molecular formula is C12H14ClNO2. The molecule has 0 saturated carbocycles. The number of anilines is 1. The Bertz CT molecular complexity index is 431. The molecule has 0 radical (unpaired) electrons. The highest BCUT2D eigenvalue weighted by Gasteiger charge is 2.21. The third kappa shape index (κ3) is 2.14. The van der Waals surface area contributed by atoms with Crippen molar-refractivity contribution < 1.29 is 9.90 Å². The number of carboxylic acid groups (broad SMARTS) is 1. The van der Waals surface area contributed by atoms with Crippen LogP contribution in [0.25, 0.3) is 0 Å². The summed E-state index contributed by atoms with van der Waals surface area (Å²) in [5.74, 6) is -0.790. The number of aliphatic carboxylic acids is 1. The molecule has 0 unspecified atom stereocenters.